The maximum atomic E-state index is 12.4. The number of carbonyl (C=O) groups is 1. The van der Waals surface area contributed by atoms with Crippen LogP contribution >= 0.6 is 11.6 Å². The molecule has 0 aliphatic heterocycles. The highest BCUT2D eigenvalue weighted by Gasteiger charge is 2.33. The van der Waals surface area contributed by atoms with Crippen LogP contribution in [-0.4, -0.2) is 28.5 Å². The van der Waals surface area contributed by atoms with E-state index in [2.05, 4.69) is 15.5 Å². The molecule has 1 saturated carbocycles. The Balaban J connectivity index is 2.06. The van der Waals surface area contributed by atoms with E-state index in [-0.39, 0.29) is 11.3 Å². The van der Waals surface area contributed by atoms with E-state index in [1.54, 1.807) is 0 Å². The molecule has 0 radical (unpaired) electrons. The summed E-state index contributed by atoms with van der Waals surface area (Å²) in [6, 6.07) is 1.81. The predicted molar refractivity (Wildman–Crippen MR) is 80.1 cm³/mol. The minimum atomic E-state index is -0.0590. The summed E-state index contributed by atoms with van der Waals surface area (Å²) >= 11 is 6.10. The number of rotatable bonds is 5. The summed E-state index contributed by atoms with van der Waals surface area (Å²) in [5, 5.41) is 11.2. The Morgan fingerprint density at radius 2 is 2.10 bits per heavy atom. The van der Waals surface area contributed by atoms with Crippen LogP contribution in [0.3, 0.4) is 0 Å². The molecule has 1 heterocycles. The molecule has 1 aromatic heterocycles. The van der Waals surface area contributed by atoms with Crippen molar-refractivity contribution in [2.45, 2.75) is 46.0 Å². The lowest BCUT2D eigenvalue weighted by atomic mass is 9.88. The molecule has 20 heavy (non-hydrogen) atoms. The van der Waals surface area contributed by atoms with E-state index < -0.39 is 0 Å². The van der Waals surface area contributed by atoms with Gasteiger partial charge in [0.1, 0.15) is 0 Å². The molecule has 1 amide bonds. The van der Waals surface area contributed by atoms with Crippen LogP contribution in [0.1, 0.15) is 54.4 Å². The molecule has 0 aromatic carbocycles. The molecule has 0 spiro atoms. The second kappa shape index (κ2) is 6.53. The Labute approximate surface area is 125 Å². The predicted octanol–water partition coefficient (Wildman–Crippen LogP) is 2.88. The molecule has 4 nitrogen and oxygen atoms in total. The second-order valence-electron chi connectivity index (χ2n) is 5.72. The van der Waals surface area contributed by atoms with Crippen molar-refractivity contribution in [2.24, 2.45) is 5.41 Å². The third-order valence-corrected chi connectivity index (χ3v) is 4.71. The van der Waals surface area contributed by atoms with E-state index in [0.29, 0.717) is 24.4 Å². The number of amides is 1. The summed E-state index contributed by atoms with van der Waals surface area (Å²) in [6.45, 7) is 4.48. The van der Waals surface area contributed by atoms with Gasteiger partial charge in [-0.2, -0.15) is 10.2 Å². The monoisotopic (exact) mass is 295 g/mol. The Morgan fingerprint density at radius 1 is 1.40 bits per heavy atom. The molecular weight excluding hydrogens is 274 g/mol. The molecule has 1 N–H and O–H groups in total. The summed E-state index contributed by atoms with van der Waals surface area (Å²) in [5.41, 5.74) is 2.24. The summed E-state index contributed by atoms with van der Waals surface area (Å²) in [5.74, 6) is 0.554. The Morgan fingerprint density at radius 3 is 2.70 bits per heavy atom. The van der Waals surface area contributed by atoms with E-state index >= 15 is 0 Å². The van der Waals surface area contributed by atoms with Gasteiger partial charge in [-0.3, -0.25) is 4.79 Å². The highest BCUT2D eigenvalue weighted by atomic mass is 35.5. The molecule has 1 aromatic rings. The summed E-state index contributed by atoms with van der Waals surface area (Å²) in [4.78, 5) is 12.4. The average Bonchev–Trinajstić information content (AvgIpc) is 2.94. The number of nitrogens with one attached hydrogen (secondary N) is 1. The number of nitrogens with zero attached hydrogens (tertiary/aromatic N) is 2. The molecule has 0 atom stereocenters. The first-order valence-corrected chi connectivity index (χ1v) is 7.81. The van der Waals surface area contributed by atoms with Crippen molar-refractivity contribution < 1.29 is 4.79 Å². The van der Waals surface area contributed by atoms with Crippen molar-refractivity contribution in [1.29, 1.82) is 0 Å². The molecule has 1 aliphatic carbocycles. The highest BCUT2D eigenvalue weighted by molar-refractivity contribution is 6.18. The molecule has 5 heteroatoms. The van der Waals surface area contributed by atoms with Gasteiger partial charge < -0.3 is 5.32 Å². The molecule has 0 bridgehead atoms. The van der Waals surface area contributed by atoms with Crippen LogP contribution in [0.2, 0.25) is 0 Å². The SMILES string of the molecule is CCc1nnc(C)cc1C(=O)NCC1(CCl)CCCC1. The zero-order chi connectivity index (χ0) is 14.6. The number of alkyl halides is 1. The van der Waals surface area contributed by atoms with Crippen molar-refractivity contribution in [3.05, 3.63) is 23.0 Å². The van der Waals surface area contributed by atoms with Crippen molar-refractivity contribution in [3.8, 4) is 0 Å². The van der Waals surface area contributed by atoms with Crippen LogP contribution in [-0.2, 0) is 6.42 Å². The van der Waals surface area contributed by atoms with E-state index in [4.69, 9.17) is 11.6 Å². The Bertz CT molecular complexity index is 484. The van der Waals surface area contributed by atoms with Crippen LogP contribution in [0, 0.1) is 12.3 Å². The number of hydrogen-bond acceptors (Lipinski definition) is 3. The van der Waals surface area contributed by atoms with E-state index in [1.807, 2.05) is 19.9 Å². The standard InChI is InChI=1S/C15H22ClN3O/c1-3-13-12(8-11(2)18-19-13)14(20)17-10-15(9-16)6-4-5-7-15/h8H,3-7,9-10H2,1-2H3,(H,17,20). The first-order chi connectivity index (χ1) is 9.60. The average molecular weight is 296 g/mol. The molecule has 110 valence electrons. The summed E-state index contributed by atoms with van der Waals surface area (Å²) in [7, 11) is 0. The maximum absolute atomic E-state index is 12.4. The zero-order valence-electron chi connectivity index (χ0n) is 12.2. The van der Waals surface area contributed by atoms with Gasteiger partial charge in [0.15, 0.2) is 0 Å². The minimum absolute atomic E-state index is 0.0590. The largest absolute Gasteiger partial charge is 0.351 e. The first kappa shape index (κ1) is 15.2. The van der Waals surface area contributed by atoms with Crippen LogP contribution < -0.4 is 5.32 Å². The van der Waals surface area contributed by atoms with Gasteiger partial charge in [0.25, 0.3) is 5.91 Å². The van der Waals surface area contributed by atoms with Crippen LogP contribution in [0.15, 0.2) is 6.07 Å². The van der Waals surface area contributed by atoms with Gasteiger partial charge in [-0.1, -0.05) is 19.8 Å². The third-order valence-electron chi connectivity index (χ3n) is 4.14. The fourth-order valence-corrected chi connectivity index (χ4v) is 3.18. The van der Waals surface area contributed by atoms with E-state index in [1.165, 1.54) is 12.8 Å². The smallest absolute Gasteiger partial charge is 0.253 e. The third kappa shape index (κ3) is 3.29. The van der Waals surface area contributed by atoms with Gasteiger partial charge in [0.05, 0.1) is 17.0 Å². The number of aryl methyl sites for hydroxylation is 2. The van der Waals surface area contributed by atoms with E-state index in [0.717, 1.165) is 24.2 Å². The van der Waals surface area contributed by atoms with Gasteiger partial charge >= 0.3 is 0 Å². The van der Waals surface area contributed by atoms with Crippen LogP contribution in [0.4, 0.5) is 0 Å². The first-order valence-electron chi connectivity index (χ1n) is 7.27. The molecule has 2 rings (SSSR count). The van der Waals surface area contributed by atoms with E-state index in [9.17, 15) is 4.79 Å². The van der Waals surface area contributed by atoms with Crippen LogP contribution in [0.25, 0.3) is 0 Å². The number of carbonyl (C=O) groups excluding carboxylic acids is 1. The summed E-state index contributed by atoms with van der Waals surface area (Å²) in [6.07, 6.45) is 5.32. The number of aromatic nitrogens is 2. The van der Waals surface area contributed by atoms with Crippen LogP contribution in [0.5, 0.6) is 0 Å². The molecule has 0 saturated heterocycles. The molecular formula is C15H22ClN3O. The van der Waals surface area contributed by atoms with Gasteiger partial charge in [-0.25, -0.2) is 0 Å². The molecule has 1 fully saturated rings. The minimum Gasteiger partial charge on any atom is -0.351 e. The van der Waals surface area contributed by atoms with Crippen molar-refractivity contribution >= 4 is 17.5 Å². The lowest BCUT2D eigenvalue weighted by molar-refractivity contribution is 0.0933. The topological polar surface area (TPSA) is 54.9 Å². The number of halogens is 1. The molecule has 1 aliphatic rings. The van der Waals surface area contributed by atoms with Gasteiger partial charge in [-0.15, -0.1) is 11.6 Å². The fraction of sp³-hybridized carbons (Fsp3) is 0.667. The maximum Gasteiger partial charge on any atom is 0.253 e. The normalized spacial score (nSPS) is 17.1. The van der Waals surface area contributed by atoms with Crippen molar-refractivity contribution in [1.82, 2.24) is 15.5 Å². The fourth-order valence-electron chi connectivity index (χ4n) is 2.82. The highest BCUT2D eigenvalue weighted by Crippen LogP contribution is 2.38. The zero-order valence-corrected chi connectivity index (χ0v) is 13.0. The Kier molecular flexibility index (Phi) is 4.97. The van der Waals surface area contributed by atoms with Crippen molar-refractivity contribution in [2.75, 3.05) is 12.4 Å². The van der Waals surface area contributed by atoms with Gasteiger partial charge in [-0.05, 0) is 32.3 Å². The Hall–Kier alpha value is -1.16. The van der Waals surface area contributed by atoms with Gasteiger partial charge in [0.2, 0.25) is 0 Å². The quantitative estimate of drug-likeness (QED) is 0.850. The lowest BCUT2D eigenvalue weighted by Crippen LogP contribution is -2.37. The molecule has 0 unspecified atom stereocenters. The summed E-state index contributed by atoms with van der Waals surface area (Å²) < 4.78 is 0. The number of hydrogen-bond donors (Lipinski definition) is 1. The second-order valence-corrected chi connectivity index (χ2v) is 5.99. The van der Waals surface area contributed by atoms with Crippen molar-refractivity contribution in [3.63, 3.8) is 0 Å². The lowest BCUT2D eigenvalue weighted by Gasteiger charge is -2.26. The van der Waals surface area contributed by atoms with Gasteiger partial charge in [0, 0.05) is 17.8 Å².